The molecular weight excluding hydrogens is 307 g/mol. The van der Waals surface area contributed by atoms with Crippen LogP contribution in [0.2, 0.25) is 5.02 Å². The van der Waals surface area contributed by atoms with Crippen LogP contribution in [0, 0.1) is 5.92 Å². The maximum Gasteiger partial charge on any atom is 0.310 e. The summed E-state index contributed by atoms with van der Waals surface area (Å²) in [5.74, 6) is 0.169. The molecule has 1 rings (SSSR count). The van der Waals surface area contributed by atoms with Gasteiger partial charge in [0.05, 0.1) is 18.1 Å². The van der Waals surface area contributed by atoms with Crippen LogP contribution in [0.25, 0.3) is 0 Å². The minimum Gasteiger partial charge on any atom is -0.469 e. The van der Waals surface area contributed by atoms with Gasteiger partial charge in [0.2, 0.25) is 0 Å². The van der Waals surface area contributed by atoms with Crippen LogP contribution in [-0.4, -0.2) is 31.7 Å². The normalized spacial score (nSPS) is 12.1. The van der Waals surface area contributed by atoms with E-state index in [2.05, 4.69) is 25.7 Å². The van der Waals surface area contributed by atoms with Crippen molar-refractivity contribution >= 4 is 39.3 Å². The zero-order chi connectivity index (χ0) is 13.0. The van der Waals surface area contributed by atoms with Gasteiger partial charge in [-0.1, -0.05) is 18.5 Å². The van der Waals surface area contributed by atoms with Gasteiger partial charge in [0.25, 0.3) is 0 Å². The van der Waals surface area contributed by atoms with Crippen LogP contribution in [-0.2, 0) is 9.53 Å². The Morgan fingerprint density at radius 1 is 1.71 bits per heavy atom. The first-order valence-corrected chi connectivity index (χ1v) is 6.22. The Hall–Kier alpha value is -0.810. The van der Waals surface area contributed by atoms with Crippen LogP contribution in [0.5, 0.6) is 0 Å². The van der Waals surface area contributed by atoms with Gasteiger partial charge < -0.3 is 9.64 Å². The molecular formula is C11H14BrClN2O2. The third kappa shape index (κ3) is 3.85. The van der Waals surface area contributed by atoms with E-state index in [0.717, 1.165) is 4.47 Å². The van der Waals surface area contributed by atoms with Crippen molar-refractivity contribution in [2.75, 3.05) is 25.6 Å². The smallest absolute Gasteiger partial charge is 0.310 e. The van der Waals surface area contributed by atoms with Crippen LogP contribution in [0.4, 0.5) is 5.82 Å². The van der Waals surface area contributed by atoms with Gasteiger partial charge in [0.1, 0.15) is 5.82 Å². The number of pyridine rings is 1. The summed E-state index contributed by atoms with van der Waals surface area (Å²) in [5, 5.41) is 0.541. The van der Waals surface area contributed by atoms with Crippen LogP contribution >= 0.6 is 27.5 Å². The molecule has 17 heavy (non-hydrogen) atoms. The fourth-order valence-electron chi connectivity index (χ4n) is 1.46. The molecule has 0 aliphatic rings. The highest BCUT2D eigenvalue weighted by molar-refractivity contribution is 9.10. The van der Waals surface area contributed by atoms with E-state index in [1.165, 1.54) is 7.11 Å². The fourth-order valence-corrected chi connectivity index (χ4v) is 2.23. The monoisotopic (exact) mass is 320 g/mol. The van der Waals surface area contributed by atoms with E-state index in [9.17, 15) is 4.79 Å². The molecule has 0 aliphatic carbocycles. The number of nitrogens with zero attached hydrogens (tertiary/aromatic N) is 2. The number of carbonyl (C=O) groups is 1. The van der Waals surface area contributed by atoms with Gasteiger partial charge in [-0.05, 0) is 22.0 Å². The van der Waals surface area contributed by atoms with Crippen molar-refractivity contribution in [3.63, 3.8) is 0 Å². The van der Waals surface area contributed by atoms with E-state index in [4.69, 9.17) is 11.6 Å². The van der Waals surface area contributed by atoms with E-state index < -0.39 is 0 Å². The van der Waals surface area contributed by atoms with Crippen molar-refractivity contribution < 1.29 is 9.53 Å². The van der Waals surface area contributed by atoms with Crippen LogP contribution in [0.3, 0.4) is 0 Å². The van der Waals surface area contributed by atoms with E-state index in [-0.39, 0.29) is 11.9 Å². The van der Waals surface area contributed by atoms with Gasteiger partial charge in [0, 0.05) is 24.3 Å². The number of methoxy groups -OCH3 is 1. The number of ether oxygens (including phenoxy) is 1. The molecule has 0 aromatic carbocycles. The average molecular weight is 322 g/mol. The van der Waals surface area contributed by atoms with Crippen LogP contribution in [0.15, 0.2) is 16.7 Å². The molecule has 1 aromatic heterocycles. The van der Waals surface area contributed by atoms with Gasteiger partial charge in [-0.3, -0.25) is 4.79 Å². The summed E-state index contributed by atoms with van der Waals surface area (Å²) in [6, 6.07) is 1.77. The summed E-state index contributed by atoms with van der Waals surface area (Å²) in [6.45, 7) is 2.30. The van der Waals surface area contributed by atoms with Gasteiger partial charge in [0.15, 0.2) is 0 Å². The first kappa shape index (κ1) is 14.3. The third-order valence-electron chi connectivity index (χ3n) is 2.30. The average Bonchev–Trinajstić information content (AvgIpc) is 2.27. The molecule has 0 saturated carbocycles. The standard InChI is InChI=1S/C11H14BrClN2O2/c1-7(11(16)17-3)6-15(2)10-9(13)4-8(12)5-14-10/h4-5,7H,6H2,1-3H3. The van der Waals surface area contributed by atoms with Gasteiger partial charge >= 0.3 is 5.97 Å². The third-order valence-corrected chi connectivity index (χ3v) is 3.01. The fraction of sp³-hybridized carbons (Fsp3) is 0.455. The summed E-state index contributed by atoms with van der Waals surface area (Å²) in [5.41, 5.74) is 0. The van der Waals surface area contributed by atoms with Gasteiger partial charge in [-0.2, -0.15) is 0 Å². The Morgan fingerprint density at radius 3 is 2.88 bits per heavy atom. The number of esters is 1. The largest absolute Gasteiger partial charge is 0.469 e. The van der Waals surface area contributed by atoms with Crippen LogP contribution in [0.1, 0.15) is 6.92 Å². The Kier molecular flexibility index (Phi) is 5.21. The molecule has 0 bridgehead atoms. The lowest BCUT2D eigenvalue weighted by molar-refractivity contribution is -0.144. The Labute approximate surface area is 114 Å². The number of carbonyl (C=O) groups excluding carboxylic acids is 1. The summed E-state index contributed by atoms with van der Waals surface area (Å²) in [4.78, 5) is 17.3. The molecule has 1 heterocycles. The first-order valence-electron chi connectivity index (χ1n) is 5.05. The zero-order valence-electron chi connectivity index (χ0n) is 9.91. The summed E-state index contributed by atoms with van der Waals surface area (Å²) in [7, 11) is 3.21. The molecule has 0 spiro atoms. The second-order valence-electron chi connectivity index (χ2n) is 3.76. The Balaban J connectivity index is 2.76. The van der Waals surface area contributed by atoms with E-state index in [1.807, 2.05) is 11.9 Å². The maximum absolute atomic E-state index is 11.3. The molecule has 0 amide bonds. The second-order valence-corrected chi connectivity index (χ2v) is 5.09. The highest BCUT2D eigenvalue weighted by atomic mass is 79.9. The number of hydrogen-bond donors (Lipinski definition) is 0. The van der Waals surface area contributed by atoms with E-state index >= 15 is 0 Å². The SMILES string of the molecule is COC(=O)C(C)CN(C)c1ncc(Br)cc1Cl. The maximum atomic E-state index is 11.3. The Bertz CT molecular complexity index is 414. The summed E-state index contributed by atoms with van der Waals surface area (Å²) < 4.78 is 5.49. The van der Waals surface area contributed by atoms with Crippen molar-refractivity contribution in [2.45, 2.75) is 6.92 Å². The lowest BCUT2D eigenvalue weighted by atomic mass is 10.2. The predicted octanol–water partition coefficient (Wildman–Crippen LogP) is 2.74. The number of rotatable bonds is 4. The first-order chi connectivity index (χ1) is 7.95. The van der Waals surface area contributed by atoms with E-state index in [0.29, 0.717) is 17.4 Å². The van der Waals surface area contributed by atoms with E-state index in [1.54, 1.807) is 19.2 Å². The molecule has 0 saturated heterocycles. The highest BCUT2D eigenvalue weighted by Gasteiger charge is 2.17. The zero-order valence-corrected chi connectivity index (χ0v) is 12.2. The van der Waals surface area contributed by atoms with Crippen molar-refractivity contribution in [3.8, 4) is 0 Å². The lowest BCUT2D eigenvalue weighted by Gasteiger charge is -2.22. The molecule has 1 unspecified atom stereocenters. The predicted molar refractivity (Wildman–Crippen MR) is 71.4 cm³/mol. The van der Waals surface area contributed by atoms with Crippen molar-refractivity contribution in [3.05, 3.63) is 21.8 Å². The molecule has 4 nitrogen and oxygen atoms in total. The van der Waals surface area contributed by atoms with Crippen molar-refractivity contribution in [1.29, 1.82) is 0 Å². The number of hydrogen-bond acceptors (Lipinski definition) is 4. The van der Waals surface area contributed by atoms with Crippen molar-refractivity contribution in [1.82, 2.24) is 4.98 Å². The minimum atomic E-state index is -0.245. The number of halogens is 2. The summed E-state index contributed by atoms with van der Waals surface area (Å²) >= 11 is 9.36. The molecule has 1 atom stereocenters. The molecule has 0 aliphatic heterocycles. The van der Waals surface area contributed by atoms with Crippen LogP contribution < -0.4 is 4.90 Å². The second kappa shape index (κ2) is 6.21. The molecule has 0 N–H and O–H groups in total. The number of aromatic nitrogens is 1. The molecule has 0 radical (unpaired) electrons. The van der Waals surface area contributed by atoms with Gasteiger partial charge in [-0.15, -0.1) is 0 Å². The molecule has 1 aromatic rings. The quantitative estimate of drug-likeness (QED) is 0.800. The topological polar surface area (TPSA) is 42.4 Å². The number of anilines is 1. The Morgan fingerprint density at radius 2 is 2.35 bits per heavy atom. The molecule has 94 valence electrons. The summed E-state index contributed by atoms with van der Waals surface area (Å²) in [6.07, 6.45) is 1.67. The lowest BCUT2D eigenvalue weighted by Crippen LogP contribution is -2.30. The molecule has 0 fully saturated rings. The molecule has 6 heteroatoms. The minimum absolute atomic E-state index is 0.230. The van der Waals surface area contributed by atoms with Gasteiger partial charge in [-0.25, -0.2) is 4.98 Å². The highest BCUT2D eigenvalue weighted by Crippen LogP contribution is 2.25. The van der Waals surface area contributed by atoms with Crippen molar-refractivity contribution in [2.24, 2.45) is 5.92 Å².